The smallest absolute Gasteiger partial charge is 0.231 e. The van der Waals surface area contributed by atoms with Crippen LogP contribution in [0.5, 0.6) is 0 Å². The molecule has 3 N–H and O–H groups in total. The van der Waals surface area contributed by atoms with Crippen LogP contribution in [0.2, 0.25) is 0 Å². The lowest BCUT2D eigenvalue weighted by molar-refractivity contribution is -0.126. The number of halogens is 1. The number of nitriles is 1. The molecule has 1 amide bonds. The van der Waals surface area contributed by atoms with Crippen molar-refractivity contribution in [1.29, 1.82) is 5.26 Å². The van der Waals surface area contributed by atoms with Crippen molar-refractivity contribution in [3.05, 3.63) is 28.2 Å². The summed E-state index contributed by atoms with van der Waals surface area (Å²) in [6.07, 6.45) is 4.88. The second-order valence-corrected chi connectivity index (χ2v) is 6.22. The van der Waals surface area contributed by atoms with Gasteiger partial charge in [-0.25, -0.2) is 0 Å². The topological polar surface area (TPSA) is 78.9 Å². The Kier molecular flexibility index (Phi) is 4.79. The fourth-order valence-corrected chi connectivity index (χ4v) is 3.09. The molecule has 20 heavy (non-hydrogen) atoms. The van der Waals surface area contributed by atoms with Crippen molar-refractivity contribution in [3.8, 4) is 6.07 Å². The van der Waals surface area contributed by atoms with Crippen molar-refractivity contribution in [2.24, 2.45) is 11.1 Å². The minimum atomic E-state index is -0.479. The standard InChI is InChI=1S/C15H18BrN3O/c16-12-5-4-11(9-17)13(8-12)19-14(20)15(10-18)6-2-1-3-7-15/h4-5,8H,1-3,6-7,10,18H2,(H,19,20). The van der Waals surface area contributed by atoms with Crippen LogP contribution in [0.25, 0.3) is 0 Å². The largest absolute Gasteiger partial charge is 0.329 e. The highest BCUT2D eigenvalue weighted by molar-refractivity contribution is 9.10. The number of nitrogens with two attached hydrogens (primary N) is 1. The van der Waals surface area contributed by atoms with Gasteiger partial charge in [-0.3, -0.25) is 4.79 Å². The summed E-state index contributed by atoms with van der Waals surface area (Å²) in [6, 6.07) is 7.32. The molecule has 1 fully saturated rings. The van der Waals surface area contributed by atoms with E-state index in [0.29, 0.717) is 17.8 Å². The number of nitrogens with one attached hydrogen (secondary N) is 1. The number of carbonyl (C=O) groups excluding carboxylic acids is 1. The number of benzene rings is 1. The van der Waals surface area contributed by atoms with E-state index in [4.69, 9.17) is 11.0 Å². The van der Waals surface area contributed by atoms with Crippen molar-refractivity contribution in [2.45, 2.75) is 32.1 Å². The molecule has 0 atom stereocenters. The minimum absolute atomic E-state index is 0.0608. The summed E-state index contributed by atoms with van der Waals surface area (Å²) in [4.78, 5) is 12.6. The Morgan fingerprint density at radius 2 is 2.10 bits per heavy atom. The molecule has 0 radical (unpaired) electrons. The van der Waals surface area contributed by atoms with E-state index in [1.54, 1.807) is 18.2 Å². The lowest BCUT2D eigenvalue weighted by Crippen LogP contribution is -2.43. The molecule has 0 aromatic heterocycles. The Balaban J connectivity index is 2.23. The predicted molar refractivity (Wildman–Crippen MR) is 82.1 cm³/mol. The Labute approximate surface area is 127 Å². The average molecular weight is 336 g/mol. The maximum absolute atomic E-state index is 12.6. The van der Waals surface area contributed by atoms with Crippen LogP contribution < -0.4 is 11.1 Å². The van der Waals surface area contributed by atoms with Crippen molar-refractivity contribution >= 4 is 27.5 Å². The first kappa shape index (κ1) is 15.0. The Morgan fingerprint density at radius 1 is 1.40 bits per heavy atom. The molecule has 1 aliphatic carbocycles. The number of carbonyl (C=O) groups is 1. The Hall–Kier alpha value is -1.38. The maximum atomic E-state index is 12.6. The van der Waals surface area contributed by atoms with E-state index in [1.807, 2.05) is 0 Å². The van der Waals surface area contributed by atoms with Gasteiger partial charge >= 0.3 is 0 Å². The SMILES string of the molecule is N#Cc1ccc(Br)cc1NC(=O)C1(CN)CCCCC1. The zero-order valence-corrected chi connectivity index (χ0v) is 12.9. The fourth-order valence-electron chi connectivity index (χ4n) is 2.72. The van der Waals surface area contributed by atoms with Crippen molar-refractivity contribution in [1.82, 2.24) is 0 Å². The average Bonchev–Trinajstić information content (AvgIpc) is 2.48. The normalized spacial score (nSPS) is 17.2. The first-order valence-electron chi connectivity index (χ1n) is 6.82. The van der Waals surface area contributed by atoms with Crippen LogP contribution in [0, 0.1) is 16.7 Å². The minimum Gasteiger partial charge on any atom is -0.329 e. The molecule has 0 heterocycles. The van der Waals surface area contributed by atoms with Gasteiger partial charge in [-0.2, -0.15) is 5.26 Å². The maximum Gasteiger partial charge on any atom is 0.231 e. The third-order valence-corrected chi connectivity index (χ3v) is 4.53. The van der Waals surface area contributed by atoms with Gasteiger partial charge in [0.1, 0.15) is 6.07 Å². The fraction of sp³-hybridized carbons (Fsp3) is 0.467. The second-order valence-electron chi connectivity index (χ2n) is 5.30. The molecule has 0 saturated heterocycles. The summed E-state index contributed by atoms with van der Waals surface area (Å²) in [5.41, 5.74) is 6.39. The predicted octanol–water partition coefficient (Wildman–Crippen LogP) is 3.17. The highest BCUT2D eigenvalue weighted by atomic mass is 79.9. The number of nitrogens with zero attached hydrogens (tertiary/aromatic N) is 1. The van der Waals surface area contributed by atoms with Gasteiger partial charge in [0, 0.05) is 11.0 Å². The zero-order valence-electron chi connectivity index (χ0n) is 11.3. The van der Waals surface area contributed by atoms with E-state index in [0.717, 1.165) is 36.6 Å². The second kappa shape index (κ2) is 6.38. The van der Waals surface area contributed by atoms with E-state index in [-0.39, 0.29) is 5.91 Å². The molecule has 5 heteroatoms. The van der Waals surface area contributed by atoms with E-state index < -0.39 is 5.41 Å². The number of hydrogen-bond donors (Lipinski definition) is 2. The summed E-state index contributed by atoms with van der Waals surface area (Å²) in [6.45, 7) is 0.356. The number of anilines is 1. The van der Waals surface area contributed by atoms with Crippen LogP contribution in [0.1, 0.15) is 37.7 Å². The van der Waals surface area contributed by atoms with Gasteiger partial charge in [0.2, 0.25) is 5.91 Å². The Bertz CT molecular complexity index is 545. The van der Waals surface area contributed by atoms with E-state index in [1.165, 1.54) is 0 Å². The summed E-state index contributed by atoms with van der Waals surface area (Å²) < 4.78 is 0.831. The summed E-state index contributed by atoms with van der Waals surface area (Å²) in [7, 11) is 0. The molecule has 106 valence electrons. The van der Waals surface area contributed by atoms with Crippen LogP contribution in [-0.4, -0.2) is 12.5 Å². The molecular weight excluding hydrogens is 318 g/mol. The van der Waals surface area contributed by atoms with Crippen LogP contribution in [-0.2, 0) is 4.79 Å². The molecule has 0 unspecified atom stereocenters. The lowest BCUT2D eigenvalue weighted by Gasteiger charge is -2.34. The lowest BCUT2D eigenvalue weighted by atomic mass is 9.73. The van der Waals surface area contributed by atoms with Gasteiger partial charge < -0.3 is 11.1 Å². The molecule has 1 saturated carbocycles. The van der Waals surface area contributed by atoms with Crippen LogP contribution in [0.4, 0.5) is 5.69 Å². The van der Waals surface area contributed by atoms with Crippen molar-refractivity contribution < 1.29 is 4.79 Å². The first-order chi connectivity index (χ1) is 9.61. The third-order valence-electron chi connectivity index (χ3n) is 4.03. The molecule has 2 rings (SSSR count). The molecule has 1 aromatic carbocycles. The monoisotopic (exact) mass is 335 g/mol. The molecule has 0 bridgehead atoms. The van der Waals surface area contributed by atoms with Gasteiger partial charge in [0.25, 0.3) is 0 Å². The first-order valence-corrected chi connectivity index (χ1v) is 7.62. The van der Waals surface area contributed by atoms with Crippen LogP contribution in [0.15, 0.2) is 22.7 Å². The molecule has 4 nitrogen and oxygen atoms in total. The zero-order chi connectivity index (χ0) is 14.6. The molecule has 1 aromatic rings. The molecule has 0 spiro atoms. The molecule has 1 aliphatic rings. The van der Waals surface area contributed by atoms with Gasteiger partial charge in [-0.1, -0.05) is 35.2 Å². The highest BCUT2D eigenvalue weighted by Crippen LogP contribution is 2.36. The number of amides is 1. The van der Waals surface area contributed by atoms with Crippen LogP contribution in [0.3, 0.4) is 0 Å². The summed E-state index contributed by atoms with van der Waals surface area (Å²) in [5, 5.41) is 12.0. The van der Waals surface area contributed by atoms with E-state index in [9.17, 15) is 4.79 Å². The third kappa shape index (κ3) is 3.02. The van der Waals surface area contributed by atoms with Gasteiger partial charge in [0.05, 0.1) is 16.7 Å². The summed E-state index contributed by atoms with van der Waals surface area (Å²) >= 11 is 3.36. The summed E-state index contributed by atoms with van der Waals surface area (Å²) in [5.74, 6) is -0.0608. The van der Waals surface area contributed by atoms with Gasteiger partial charge in [0.15, 0.2) is 0 Å². The van der Waals surface area contributed by atoms with E-state index in [2.05, 4.69) is 27.3 Å². The quantitative estimate of drug-likeness (QED) is 0.890. The van der Waals surface area contributed by atoms with Gasteiger partial charge in [-0.15, -0.1) is 0 Å². The number of rotatable bonds is 3. The van der Waals surface area contributed by atoms with Gasteiger partial charge in [-0.05, 0) is 31.0 Å². The highest BCUT2D eigenvalue weighted by Gasteiger charge is 2.38. The van der Waals surface area contributed by atoms with Crippen LogP contribution >= 0.6 is 15.9 Å². The van der Waals surface area contributed by atoms with Crippen molar-refractivity contribution in [3.63, 3.8) is 0 Å². The Morgan fingerprint density at radius 3 is 2.70 bits per heavy atom. The van der Waals surface area contributed by atoms with Crippen molar-refractivity contribution in [2.75, 3.05) is 11.9 Å². The molecular formula is C15H18BrN3O. The number of hydrogen-bond acceptors (Lipinski definition) is 3. The molecule has 0 aliphatic heterocycles. The van der Waals surface area contributed by atoms with E-state index >= 15 is 0 Å².